The highest BCUT2D eigenvalue weighted by atomic mass is 35.5. The quantitative estimate of drug-likeness (QED) is 0.413. The molecule has 7 nitrogen and oxygen atoms in total. The standard InChI is InChI=1S/C20H13ClN6O/c1-28-20-7-3-13(10-22-20)2-5-16-18-9-15-11-24-25-27(15)19-8-14(21)4-6-17(19)26(18)12-23-16/h3-4,6-8,10-12H,9H2,1H3. The number of aromatic nitrogens is 6. The number of rotatable bonds is 1. The fourth-order valence-corrected chi connectivity index (χ4v) is 3.35. The van der Waals surface area contributed by atoms with E-state index in [0.29, 0.717) is 23.0 Å². The van der Waals surface area contributed by atoms with Crippen LogP contribution in [0.2, 0.25) is 5.02 Å². The monoisotopic (exact) mass is 388 g/mol. The van der Waals surface area contributed by atoms with Crippen LogP contribution in [-0.4, -0.2) is 36.6 Å². The van der Waals surface area contributed by atoms with Gasteiger partial charge in [-0.1, -0.05) is 22.7 Å². The van der Waals surface area contributed by atoms with Gasteiger partial charge in [0, 0.05) is 29.3 Å². The fourth-order valence-electron chi connectivity index (χ4n) is 3.18. The number of nitrogens with zero attached hydrogens (tertiary/aromatic N) is 6. The number of methoxy groups -OCH3 is 1. The summed E-state index contributed by atoms with van der Waals surface area (Å²) in [5.41, 5.74) is 5.18. The van der Waals surface area contributed by atoms with Crippen molar-refractivity contribution in [3.05, 3.63) is 76.7 Å². The summed E-state index contributed by atoms with van der Waals surface area (Å²) in [5.74, 6) is 6.83. The van der Waals surface area contributed by atoms with Crippen molar-refractivity contribution in [2.24, 2.45) is 0 Å². The molecule has 3 aromatic heterocycles. The Bertz CT molecular complexity index is 1250. The lowest BCUT2D eigenvalue weighted by Gasteiger charge is -2.09. The van der Waals surface area contributed by atoms with E-state index in [0.717, 1.165) is 28.3 Å². The van der Waals surface area contributed by atoms with Crippen molar-refractivity contribution in [1.82, 2.24) is 29.5 Å². The molecule has 0 saturated carbocycles. The van der Waals surface area contributed by atoms with E-state index in [1.165, 1.54) is 0 Å². The summed E-state index contributed by atoms with van der Waals surface area (Å²) in [6, 6.07) is 9.31. The van der Waals surface area contributed by atoms with Gasteiger partial charge >= 0.3 is 0 Å². The molecular formula is C20H13ClN6O. The molecule has 5 rings (SSSR count). The highest BCUT2D eigenvalue weighted by Crippen LogP contribution is 2.30. The average Bonchev–Trinajstić information content (AvgIpc) is 3.32. The Balaban J connectivity index is 1.62. The molecule has 0 saturated heterocycles. The summed E-state index contributed by atoms with van der Waals surface area (Å²) in [7, 11) is 1.58. The van der Waals surface area contributed by atoms with Crippen LogP contribution in [0.3, 0.4) is 0 Å². The molecule has 0 atom stereocenters. The summed E-state index contributed by atoms with van der Waals surface area (Å²) >= 11 is 6.21. The van der Waals surface area contributed by atoms with E-state index in [2.05, 4.69) is 32.1 Å². The first-order chi connectivity index (χ1) is 13.7. The first kappa shape index (κ1) is 16.5. The SMILES string of the molecule is COc1ccc(C#Cc2ncn3c2Cc2cnnn2-c2cc(Cl)ccc2-3)cn1. The molecule has 8 heteroatoms. The van der Waals surface area contributed by atoms with E-state index in [-0.39, 0.29) is 0 Å². The van der Waals surface area contributed by atoms with Crippen molar-refractivity contribution < 1.29 is 4.74 Å². The molecular weight excluding hydrogens is 376 g/mol. The van der Waals surface area contributed by atoms with Gasteiger partial charge in [0.15, 0.2) is 0 Å². The first-order valence-corrected chi connectivity index (χ1v) is 8.89. The molecule has 1 aliphatic heterocycles. The zero-order valence-electron chi connectivity index (χ0n) is 14.8. The topological polar surface area (TPSA) is 70.7 Å². The fraction of sp³-hybridized carbons (Fsp3) is 0.100. The van der Waals surface area contributed by atoms with E-state index < -0.39 is 0 Å². The Hall–Kier alpha value is -3.63. The van der Waals surface area contributed by atoms with Crippen LogP contribution in [-0.2, 0) is 6.42 Å². The minimum absolute atomic E-state index is 0.553. The van der Waals surface area contributed by atoms with Gasteiger partial charge in [0.1, 0.15) is 12.0 Å². The van der Waals surface area contributed by atoms with Crippen LogP contribution in [0.4, 0.5) is 0 Å². The van der Waals surface area contributed by atoms with Gasteiger partial charge in [-0.2, -0.15) is 0 Å². The van der Waals surface area contributed by atoms with Crippen LogP contribution in [0, 0.1) is 11.8 Å². The lowest BCUT2D eigenvalue weighted by molar-refractivity contribution is 0.398. The number of benzene rings is 1. The second kappa shape index (κ2) is 6.51. The molecule has 0 amide bonds. The zero-order chi connectivity index (χ0) is 19.1. The third-order valence-electron chi connectivity index (χ3n) is 4.53. The van der Waals surface area contributed by atoms with E-state index in [4.69, 9.17) is 16.3 Å². The van der Waals surface area contributed by atoms with Crippen molar-refractivity contribution in [3.8, 4) is 29.1 Å². The van der Waals surface area contributed by atoms with Gasteiger partial charge in [0.2, 0.25) is 5.88 Å². The molecule has 1 aromatic carbocycles. The van der Waals surface area contributed by atoms with Gasteiger partial charge in [-0.05, 0) is 30.2 Å². The third-order valence-corrected chi connectivity index (χ3v) is 4.77. The number of ether oxygens (including phenoxy) is 1. The lowest BCUT2D eigenvalue weighted by Crippen LogP contribution is -2.03. The molecule has 4 aromatic rings. The van der Waals surface area contributed by atoms with Gasteiger partial charge in [0.05, 0.1) is 36.1 Å². The molecule has 0 aliphatic carbocycles. The summed E-state index contributed by atoms with van der Waals surface area (Å²) in [4.78, 5) is 8.71. The van der Waals surface area contributed by atoms with Gasteiger partial charge < -0.3 is 4.74 Å². The van der Waals surface area contributed by atoms with Crippen molar-refractivity contribution in [2.45, 2.75) is 6.42 Å². The molecule has 0 spiro atoms. The van der Waals surface area contributed by atoms with Crippen LogP contribution < -0.4 is 4.74 Å². The highest BCUT2D eigenvalue weighted by molar-refractivity contribution is 6.30. The molecule has 0 bridgehead atoms. The van der Waals surface area contributed by atoms with E-state index >= 15 is 0 Å². The number of hydrogen-bond donors (Lipinski definition) is 0. The van der Waals surface area contributed by atoms with Gasteiger partial charge in [-0.15, -0.1) is 5.10 Å². The molecule has 28 heavy (non-hydrogen) atoms. The second-order valence-electron chi connectivity index (χ2n) is 6.20. The summed E-state index contributed by atoms with van der Waals surface area (Å²) in [5, 5.41) is 8.91. The van der Waals surface area contributed by atoms with E-state index in [1.807, 2.05) is 28.8 Å². The predicted molar refractivity (Wildman–Crippen MR) is 103 cm³/mol. The third kappa shape index (κ3) is 2.71. The maximum atomic E-state index is 6.21. The predicted octanol–water partition coefficient (Wildman–Crippen LogP) is 2.81. The van der Waals surface area contributed by atoms with E-state index in [1.54, 1.807) is 36.6 Å². The summed E-state index contributed by atoms with van der Waals surface area (Å²) in [6.45, 7) is 0. The number of imidazole rings is 1. The Morgan fingerprint density at radius 2 is 2.00 bits per heavy atom. The largest absolute Gasteiger partial charge is 0.481 e. The number of hydrogen-bond acceptors (Lipinski definition) is 5. The van der Waals surface area contributed by atoms with Crippen LogP contribution in [0.15, 0.2) is 49.1 Å². The van der Waals surface area contributed by atoms with Crippen molar-refractivity contribution in [3.63, 3.8) is 0 Å². The van der Waals surface area contributed by atoms with Gasteiger partial charge in [-0.25, -0.2) is 14.6 Å². The first-order valence-electron chi connectivity index (χ1n) is 8.51. The van der Waals surface area contributed by atoms with Crippen molar-refractivity contribution in [1.29, 1.82) is 0 Å². The molecule has 136 valence electrons. The summed E-state index contributed by atoms with van der Waals surface area (Å²) in [6.07, 6.45) is 5.80. The highest BCUT2D eigenvalue weighted by Gasteiger charge is 2.22. The molecule has 0 unspecified atom stereocenters. The maximum absolute atomic E-state index is 6.21. The molecule has 0 N–H and O–H groups in total. The van der Waals surface area contributed by atoms with Crippen LogP contribution in [0.1, 0.15) is 22.6 Å². The Morgan fingerprint density at radius 3 is 2.82 bits per heavy atom. The van der Waals surface area contributed by atoms with Crippen LogP contribution in [0.5, 0.6) is 5.88 Å². The maximum Gasteiger partial charge on any atom is 0.212 e. The van der Waals surface area contributed by atoms with Crippen LogP contribution in [0.25, 0.3) is 11.4 Å². The van der Waals surface area contributed by atoms with Crippen molar-refractivity contribution in [2.75, 3.05) is 7.11 Å². The minimum Gasteiger partial charge on any atom is -0.481 e. The van der Waals surface area contributed by atoms with Crippen molar-refractivity contribution >= 4 is 11.6 Å². The molecule has 4 heterocycles. The Morgan fingerprint density at radius 1 is 1.07 bits per heavy atom. The smallest absolute Gasteiger partial charge is 0.212 e. The van der Waals surface area contributed by atoms with Crippen LogP contribution >= 0.6 is 11.6 Å². The number of pyridine rings is 1. The van der Waals surface area contributed by atoms with E-state index in [9.17, 15) is 0 Å². The van der Waals surface area contributed by atoms with Gasteiger partial charge in [-0.3, -0.25) is 4.57 Å². The van der Waals surface area contributed by atoms with Gasteiger partial charge in [0.25, 0.3) is 0 Å². The number of halogens is 1. The minimum atomic E-state index is 0.553. The second-order valence-corrected chi connectivity index (χ2v) is 6.63. The Kier molecular flexibility index (Phi) is 3.85. The average molecular weight is 389 g/mol. The Labute approximate surface area is 165 Å². The summed E-state index contributed by atoms with van der Waals surface area (Å²) < 4.78 is 8.91. The molecule has 0 radical (unpaired) electrons. The lowest BCUT2D eigenvalue weighted by atomic mass is 10.2. The molecule has 1 aliphatic rings. The zero-order valence-corrected chi connectivity index (χ0v) is 15.6. The molecule has 0 fully saturated rings. The number of fused-ring (bicyclic) bond motifs is 5. The normalized spacial score (nSPS) is 11.5.